The molecule has 5 heteroatoms. The average molecular weight is 298 g/mol. The van der Waals surface area contributed by atoms with E-state index in [1.165, 1.54) is 0 Å². The van der Waals surface area contributed by atoms with Crippen LogP contribution < -0.4 is 10.6 Å². The van der Waals surface area contributed by atoms with Gasteiger partial charge in [0, 0.05) is 31.7 Å². The number of nitrogens with zero attached hydrogens (tertiary/aromatic N) is 2. The highest BCUT2D eigenvalue weighted by atomic mass is 16.1. The Morgan fingerprint density at radius 2 is 1.95 bits per heavy atom. The second kappa shape index (κ2) is 8.12. The predicted molar refractivity (Wildman–Crippen MR) is 87.6 cm³/mol. The molecule has 0 spiro atoms. The van der Waals surface area contributed by atoms with E-state index in [9.17, 15) is 4.79 Å². The molecule has 1 amide bonds. The maximum absolute atomic E-state index is 11.9. The maximum atomic E-state index is 11.9. The molecule has 2 aromatic heterocycles. The molecular formula is C17H22N4O. The molecule has 0 saturated heterocycles. The lowest BCUT2D eigenvalue weighted by Gasteiger charge is -2.08. The lowest BCUT2D eigenvalue weighted by molar-refractivity contribution is 0.0951. The second-order valence-electron chi connectivity index (χ2n) is 5.58. The Labute approximate surface area is 131 Å². The maximum Gasteiger partial charge on any atom is 0.252 e. The fraction of sp³-hybridized carbons (Fsp3) is 0.353. The lowest BCUT2D eigenvalue weighted by atomic mass is 10.1. The Kier molecular flexibility index (Phi) is 5.89. The first-order valence-electron chi connectivity index (χ1n) is 7.52. The zero-order valence-electron chi connectivity index (χ0n) is 13.0. The number of anilines is 1. The first-order chi connectivity index (χ1) is 10.6. The van der Waals surface area contributed by atoms with Gasteiger partial charge in [-0.1, -0.05) is 13.8 Å². The van der Waals surface area contributed by atoms with Crippen molar-refractivity contribution in [2.75, 3.05) is 11.9 Å². The number of hydrogen-bond acceptors (Lipinski definition) is 4. The minimum absolute atomic E-state index is 0.0752. The van der Waals surface area contributed by atoms with Gasteiger partial charge in [0.1, 0.15) is 5.82 Å². The normalized spacial score (nSPS) is 10.5. The van der Waals surface area contributed by atoms with E-state index in [-0.39, 0.29) is 5.91 Å². The van der Waals surface area contributed by atoms with Crippen LogP contribution in [-0.2, 0) is 6.54 Å². The minimum atomic E-state index is -0.0752. The molecule has 0 aliphatic heterocycles. The van der Waals surface area contributed by atoms with Crippen LogP contribution in [0.3, 0.4) is 0 Å². The van der Waals surface area contributed by atoms with Gasteiger partial charge in [0.25, 0.3) is 5.91 Å². The van der Waals surface area contributed by atoms with Crippen LogP contribution in [0.1, 0.15) is 36.2 Å². The molecule has 2 rings (SSSR count). The number of carbonyl (C=O) groups excluding carboxylic acids is 1. The van der Waals surface area contributed by atoms with Crippen molar-refractivity contribution in [3.05, 3.63) is 54.0 Å². The van der Waals surface area contributed by atoms with E-state index in [1.807, 2.05) is 18.2 Å². The quantitative estimate of drug-likeness (QED) is 0.825. The van der Waals surface area contributed by atoms with E-state index in [0.29, 0.717) is 24.6 Å². The largest absolute Gasteiger partial charge is 0.366 e. The number of carbonyl (C=O) groups is 1. The predicted octanol–water partition coefficient (Wildman–Crippen LogP) is 2.86. The Morgan fingerprint density at radius 1 is 1.18 bits per heavy atom. The number of amides is 1. The highest BCUT2D eigenvalue weighted by molar-refractivity contribution is 5.94. The highest BCUT2D eigenvalue weighted by Gasteiger charge is 2.06. The SMILES string of the molecule is CC(C)CCNC(=O)c1ccc(NCc2ccncc2)nc1. The Hall–Kier alpha value is -2.43. The van der Waals surface area contributed by atoms with Crippen molar-refractivity contribution in [1.29, 1.82) is 0 Å². The van der Waals surface area contributed by atoms with Crippen LogP contribution in [0.15, 0.2) is 42.9 Å². The van der Waals surface area contributed by atoms with Crippen LogP contribution in [0, 0.1) is 5.92 Å². The van der Waals surface area contributed by atoms with Gasteiger partial charge in [-0.15, -0.1) is 0 Å². The number of aromatic nitrogens is 2. The summed E-state index contributed by atoms with van der Waals surface area (Å²) in [7, 11) is 0. The standard InChI is InChI=1S/C17H22N4O/c1-13(2)5-10-19-17(22)15-3-4-16(21-12-15)20-11-14-6-8-18-9-7-14/h3-4,6-9,12-13H,5,10-11H2,1-2H3,(H,19,22)(H,20,21). The van der Waals surface area contributed by atoms with Gasteiger partial charge in [-0.2, -0.15) is 0 Å². The monoisotopic (exact) mass is 298 g/mol. The van der Waals surface area contributed by atoms with Crippen LogP contribution in [0.5, 0.6) is 0 Å². The van der Waals surface area contributed by atoms with Crippen molar-refractivity contribution in [1.82, 2.24) is 15.3 Å². The topological polar surface area (TPSA) is 66.9 Å². The van der Waals surface area contributed by atoms with Gasteiger partial charge in [0.2, 0.25) is 0 Å². The molecule has 0 atom stereocenters. The molecule has 0 radical (unpaired) electrons. The van der Waals surface area contributed by atoms with Crippen LogP contribution in [-0.4, -0.2) is 22.4 Å². The average Bonchev–Trinajstić information content (AvgIpc) is 2.54. The number of hydrogen-bond donors (Lipinski definition) is 2. The van der Waals surface area contributed by atoms with Crippen LogP contribution in [0.2, 0.25) is 0 Å². The van der Waals surface area contributed by atoms with Gasteiger partial charge in [0.15, 0.2) is 0 Å². The third kappa shape index (κ3) is 5.16. The fourth-order valence-corrected chi connectivity index (χ4v) is 1.90. The van der Waals surface area contributed by atoms with E-state index in [0.717, 1.165) is 17.8 Å². The molecule has 2 N–H and O–H groups in total. The summed E-state index contributed by atoms with van der Waals surface area (Å²) in [6.07, 6.45) is 6.09. The van der Waals surface area contributed by atoms with Crippen molar-refractivity contribution < 1.29 is 4.79 Å². The summed E-state index contributed by atoms with van der Waals surface area (Å²) in [4.78, 5) is 20.2. The summed E-state index contributed by atoms with van der Waals surface area (Å²) in [5.41, 5.74) is 1.71. The highest BCUT2D eigenvalue weighted by Crippen LogP contribution is 2.07. The van der Waals surface area contributed by atoms with Gasteiger partial charge in [-0.25, -0.2) is 4.98 Å². The third-order valence-corrected chi connectivity index (χ3v) is 3.26. The molecule has 2 heterocycles. The van der Waals surface area contributed by atoms with Gasteiger partial charge in [-0.05, 0) is 42.2 Å². The molecule has 0 unspecified atom stereocenters. The smallest absolute Gasteiger partial charge is 0.252 e. The minimum Gasteiger partial charge on any atom is -0.366 e. The van der Waals surface area contributed by atoms with E-state index in [4.69, 9.17) is 0 Å². The molecular weight excluding hydrogens is 276 g/mol. The van der Waals surface area contributed by atoms with Crippen LogP contribution in [0.4, 0.5) is 5.82 Å². The number of nitrogens with one attached hydrogen (secondary N) is 2. The summed E-state index contributed by atoms with van der Waals surface area (Å²) >= 11 is 0. The van der Waals surface area contributed by atoms with Crippen molar-refractivity contribution in [3.63, 3.8) is 0 Å². The molecule has 0 saturated carbocycles. The molecule has 5 nitrogen and oxygen atoms in total. The Balaban J connectivity index is 1.83. The van der Waals surface area contributed by atoms with E-state index in [2.05, 4.69) is 34.4 Å². The van der Waals surface area contributed by atoms with Crippen molar-refractivity contribution in [2.45, 2.75) is 26.8 Å². The molecule has 0 bridgehead atoms. The molecule has 0 aliphatic rings. The van der Waals surface area contributed by atoms with Gasteiger partial charge < -0.3 is 10.6 Å². The van der Waals surface area contributed by atoms with Gasteiger partial charge in [-0.3, -0.25) is 9.78 Å². The molecule has 0 aliphatic carbocycles. The summed E-state index contributed by atoms with van der Waals surface area (Å²) in [5.74, 6) is 1.25. The van der Waals surface area contributed by atoms with Gasteiger partial charge >= 0.3 is 0 Å². The van der Waals surface area contributed by atoms with Crippen molar-refractivity contribution >= 4 is 11.7 Å². The number of rotatable bonds is 7. The van der Waals surface area contributed by atoms with E-state index in [1.54, 1.807) is 24.7 Å². The lowest BCUT2D eigenvalue weighted by Crippen LogP contribution is -2.25. The fourth-order valence-electron chi connectivity index (χ4n) is 1.90. The number of pyridine rings is 2. The molecule has 22 heavy (non-hydrogen) atoms. The molecule has 0 fully saturated rings. The summed E-state index contributed by atoms with van der Waals surface area (Å²) < 4.78 is 0. The third-order valence-electron chi connectivity index (χ3n) is 3.26. The Bertz CT molecular complexity index is 581. The van der Waals surface area contributed by atoms with E-state index >= 15 is 0 Å². The van der Waals surface area contributed by atoms with Crippen molar-refractivity contribution in [2.24, 2.45) is 5.92 Å². The first kappa shape index (κ1) is 15.9. The van der Waals surface area contributed by atoms with Crippen LogP contribution >= 0.6 is 0 Å². The molecule has 0 aromatic carbocycles. The zero-order valence-corrected chi connectivity index (χ0v) is 13.0. The van der Waals surface area contributed by atoms with Crippen LogP contribution in [0.25, 0.3) is 0 Å². The van der Waals surface area contributed by atoms with E-state index < -0.39 is 0 Å². The molecule has 2 aromatic rings. The second-order valence-corrected chi connectivity index (χ2v) is 5.58. The molecule has 116 valence electrons. The van der Waals surface area contributed by atoms with Crippen molar-refractivity contribution in [3.8, 4) is 0 Å². The summed E-state index contributed by atoms with van der Waals surface area (Å²) in [5, 5.41) is 6.12. The first-order valence-corrected chi connectivity index (χ1v) is 7.52. The zero-order chi connectivity index (χ0) is 15.8. The summed E-state index contributed by atoms with van der Waals surface area (Å²) in [6, 6.07) is 7.50. The summed E-state index contributed by atoms with van der Waals surface area (Å²) in [6.45, 7) is 5.64. The van der Waals surface area contributed by atoms with Gasteiger partial charge in [0.05, 0.1) is 5.56 Å². The Morgan fingerprint density at radius 3 is 2.59 bits per heavy atom.